The van der Waals surface area contributed by atoms with Gasteiger partial charge < -0.3 is 13.6 Å². The molecule has 0 aliphatic rings. The highest BCUT2D eigenvalue weighted by molar-refractivity contribution is 7.41. The van der Waals surface area contributed by atoms with E-state index in [0.717, 1.165) is 0 Å². The molecule has 0 fully saturated rings. The van der Waals surface area contributed by atoms with Gasteiger partial charge in [0.15, 0.2) is 0 Å². The van der Waals surface area contributed by atoms with Gasteiger partial charge in [0.25, 0.3) is 0 Å². The first-order valence-corrected chi connectivity index (χ1v) is 5.81. The monoisotopic (exact) mass is 244 g/mol. The average molecular weight is 245 g/mol. The van der Waals surface area contributed by atoms with Crippen LogP contribution in [0.1, 0.15) is 41.5 Å². The fraction of sp³-hybridized carbons (Fsp3) is 1.00. The summed E-state index contributed by atoms with van der Waals surface area (Å²) in [5.74, 6) is 0. The van der Waals surface area contributed by atoms with E-state index in [1.807, 2.05) is 41.5 Å². The smallest absolute Gasteiger partial charge is 0.309 e. The minimum Gasteiger partial charge on any atom is -0.309 e. The van der Waals surface area contributed by atoms with Crippen molar-refractivity contribution in [3.8, 4) is 0 Å². The lowest BCUT2D eigenvalue weighted by molar-refractivity contribution is 0.0945. The molecule has 3 nitrogen and oxygen atoms in total. The molecule has 0 unspecified atom stereocenters. The van der Waals surface area contributed by atoms with Crippen LogP contribution in [0.15, 0.2) is 0 Å². The second kappa shape index (κ2) is 8.87. The van der Waals surface area contributed by atoms with Gasteiger partial charge in [-0.1, -0.05) is 0 Å². The molecule has 0 N–H and O–H groups in total. The molecule has 0 aromatic heterocycles. The second-order valence-corrected chi connectivity index (χ2v) is 4.77. The van der Waals surface area contributed by atoms with Crippen molar-refractivity contribution in [2.45, 2.75) is 59.9 Å². The molecule has 0 bridgehead atoms. The van der Waals surface area contributed by atoms with E-state index in [0.29, 0.717) is 0 Å². The molecular weight excluding hydrogens is 223 g/mol. The summed E-state index contributed by atoms with van der Waals surface area (Å²) in [5, 5.41) is 0. The molecule has 0 aliphatic carbocycles. The van der Waals surface area contributed by atoms with E-state index in [1.54, 1.807) is 0 Å². The van der Waals surface area contributed by atoms with Crippen molar-refractivity contribution in [1.29, 1.82) is 0 Å². The van der Waals surface area contributed by atoms with Gasteiger partial charge in [0.05, 0.1) is 18.3 Å². The second-order valence-electron chi connectivity index (χ2n) is 3.69. The van der Waals surface area contributed by atoms with Gasteiger partial charge >= 0.3 is 8.60 Å². The molecule has 0 saturated carbocycles. The zero-order chi connectivity index (χ0) is 10.4. The van der Waals surface area contributed by atoms with Crippen molar-refractivity contribution in [1.82, 2.24) is 0 Å². The average Bonchev–Trinajstić information content (AvgIpc) is 1.80. The van der Waals surface area contributed by atoms with E-state index < -0.39 is 8.60 Å². The summed E-state index contributed by atoms with van der Waals surface area (Å²) >= 11 is 0. The maximum absolute atomic E-state index is 5.49. The highest BCUT2D eigenvalue weighted by atomic mass is 35.5. The van der Waals surface area contributed by atoms with Crippen LogP contribution < -0.4 is 0 Å². The van der Waals surface area contributed by atoms with Crippen molar-refractivity contribution in [3.05, 3.63) is 0 Å². The van der Waals surface area contributed by atoms with Crippen molar-refractivity contribution in [2.24, 2.45) is 0 Å². The lowest BCUT2D eigenvalue weighted by atomic mass is 10.5. The van der Waals surface area contributed by atoms with Crippen LogP contribution in [0.2, 0.25) is 0 Å². The zero-order valence-corrected chi connectivity index (χ0v) is 11.5. The summed E-state index contributed by atoms with van der Waals surface area (Å²) in [6.07, 6.45) is 0.427. The molecule has 0 heterocycles. The number of halogens is 1. The van der Waals surface area contributed by atoms with Crippen LogP contribution in [0.4, 0.5) is 0 Å². The fourth-order valence-corrected chi connectivity index (χ4v) is 1.77. The van der Waals surface area contributed by atoms with Crippen LogP contribution in [-0.2, 0) is 13.6 Å². The largest absolute Gasteiger partial charge is 0.333 e. The third-order valence-corrected chi connectivity index (χ3v) is 2.67. The predicted octanol–water partition coefficient (Wildman–Crippen LogP) is 3.91. The van der Waals surface area contributed by atoms with Crippen LogP contribution in [-0.4, -0.2) is 18.3 Å². The van der Waals surface area contributed by atoms with Gasteiger partial charge in [-0.25, -0.2) is 0 Å². The molecule has 88 valence electrons. The molecule has 0 aromatic carbocycles. The van der Waals surface area contributed by atoms with E-state index in [4.69, 9.17) is 13.6 Å². The van der Waals surface area contributed by atoms with Gasteiger partial charge in [-0.3, -0.25) is 0 Å². The highest BCUT2D eigenvalue weighted by Crippen LogP contribution is 2.43. The van der Waals surface area contributed by atoms with E-state index in [-0.39, 0.29) is 30.7 Å². The zero-order valence-electron chi connectivity index (χ0n) is 9.81. The molecule has 0 atom stereocenters. The van der Waals surface area contributed by atoms with E-state index in [1.165, 1.54) is 0 Å². The van der Waals surface area contributed by atoms with Gasteiger partial charge in [0.1, 0.15) is 0 Å². The molecule has 14 heavy (non-hydrogen) atoms. The first-order valence-electron chi connectivity index (χ1n) is 4.72. The Morgan fingerprint density at radius 2 is 0.857 bits per heavy atom. The predicted molar refractivity (Wildman–Crippen MR) is 62.8 cm³/mol. The summed E-state index contributed by atoms with van der Waals surface area (Å²) in [4.78, 5) is 0. The number of hydrogen-bond donors (Lipinski definition) is 0. The van der Waals surface area contributed by atoms with Crippen molar-refractivity contribution < 1.29 is 13.6 Å². The van der Waals surface area contributed by atoms with E-state index >= 15 is 0 Å². The Hall–Kier alpha value is 0.600. The van der Waals surface area contributed by atoms with Gasteiger partial charge in [-0.15, -0.1) is 12.4 Å². The summed E-state index contributed by atoms with van der Waals surface area (Å²) in [7, 11) is -1.18. The van der Waals surface area contributed by atoms with Crippen molar-refractivity contribution >= 4 is 21.0 Å². The van der Waals surface area contributed by atoms with Crippen LogP contribution >= 0.6 is 21.0 Å². The summed E-state index contributed by atoms with van der Waals surface area (Å²) in [6, 6.07) is 0. The molecule has 0 spiro atoms. The highest BCUT2D eigenvalue weighted by Gasteiger charge is 2.17. The van der Waals surface area contributed by atoms with Crippen LogP contribution in [0.25, 0.3) is 0 Å². The van der Waals surface area contributed by atoms with Gasteiger partial charge in [-0.05, 0) is 41.5 Å². The first-order chi connectivity index (χ1) is 5.91. The summed E-state index contributed by atoms with van der Waals surface area (Å²) in [6.45, 7) is 11.8. The Bertz CT molecular complexity index is 107. The molecule has 0 radical (unpaired) electrons. The topological polar surface area (TPSA) is 27.7 Å². The van der Waals surface area contributed by atoms with Crippen LogP contribution in [0, 0.1) is 0 Å². The Kier molecular flexibility index (Phi) is 10.8. The summed E-state index contributed by atoms with van der Waals surface area (Å²) < 4.78 is 16.5. The lowest BCUT2D eigenvalue weighted by Gasteiger charge is -2.22. The Labute approximate surface area is 94.9 Å². The first kappa shape index (κ1) is 17.0. The Morgan fingerprint density at radius 1 is 0.643 bits per heavy atom. The molecule has 0 aliphatic heterocycles. The van der Waals surface area contributed by atoms with Gasteiger partial charge in [0, 0.05) is 0 Å². The van der Waals surface area contributed by atoms with Crippen LogP contribution in [0.3, 0.4) is 0 Å². The summed E-state index contributed by atoms with van der Waals surface area (Å²) in [5.41, 5.74) is 0. The number of rotatable bonds is 6. The fourth-order valence-electron chi connectivity index (χ4n) is 0.591. The quantitative estimate of drug-likeness (QED) is 0.663. The van der Waals surface area contributed by atoms with Gasteiger partial charge in [-0.2, -0.15) is 0 Å². The molecule has 0 aromatic rings. The van der Waals surface area contributed by atoms with Gasteiger partial charge in [0.2, 0.25) is 0 Å². The maximum Gasteiger partial charge on any atom is 0.333 e. The van der Waals surface area contributed by atoms with E-state index in [2.05, 4.69) is 0 Å². The molecule has 0 saturated heterocycles. The molecule has 0 amide bonds. The Balaban J connectivity index is 0. The third kappa shape index (κ3) is 10.7. The molecular formula is C9H22ClO3P. The maximum atomic E-state index is 5.49. The van der Waals surface area contributed by atoms with Crippen LogP contribution in [0.5, 0.6) is 0 Å². The minimum atomic E-state index is -1.18. The normalized spacial score (nSPS) is 11.6. The standard InChI is InChI=1S/C9H21O3P.ClH/c1-7(2)10-13(11-8(3)4)12-9(5)6;/h7-9H,1-6H3;1H. The number of hydrogen-bond acceptors (Lipinski definition) is 3. The van der Waals surface area contributed by atoms with E-state index in [9.17, 15) is 0 Å². The minimum absolute atomic E-state index is 0. The third-order valence-electron chi connectivity index (χ3n) is 0.891. The molecule has 5 heteroatoms. The molecule has 0 rings (SSSR count). The SMILES string of the molecule is CC(C)OP(OC(C)C)OC(C)C.Cl. The van der Waals surface area contributed by atoms with Crippen molar-refractivity contribution in [2.75, 3.05) is 0 Å². The Morgan fingerprint density at radius 3 is 1.00 bits per heavy atom. The lowest BCUT2D eigenvalue weighted by Crippen LogP contribution is -2.09. The van der Waals surface area contributed by atoms with Crippen molar-refractivity contribution in [3.63, 3.8) is 0 Å².